The van der Waals surface area contributed by atoms with Gasteiger partial charge in [-0.1, -0.05) is 12.8 Å². The number of hydrogen-bond donors (Lipinski definition) is 2. The van der Waals surface area contributed by atoms with Crippen LogP contribution in [0.2, 0.25) is 0 Å². The Morgan fingerprint density at radius 2 is 2.17 bits per heavy atom. The highest BCUT2D eigenvalue weighted by Gasteiger charge is 2.25. The third kappa shape index (κ3) is 3.02. The first-order chi connectivity index (χ1) is 8.74. The zero-order chi connectivity index (χ0) is 13.0. The van der Waals surface area contributed by atoms with E-state index in [0.717, 1.165) is 5.82 Å². The number of nitrogens with two attached hydrogens (primary N) is 1. The summed E-state index contributed by atoms with van der Waals surface area (Å²) in [7, 11) is 1.62. The van der Waals surface area contributed by atoms with Crippen LogP contribution in [0.4, 0.5) is 11.5 Å². The predicted octanol–water partition coefficient (Wildman–Crippen LogP) is 2.76. The Labute approximate surface area is 113 Å². The predicted molar refractivity (Wildman–Crippen MR) is 78.4 cm³/mol. The van der Waals surface area contributed by atoms with Crippen LogP contribution in [0, 0.1) is 0 Å². The molecular weight excluding hydrogens is 246 g/mol. The molecule has 2 atom stereocenters. The van der Waals surface area contributed by atoms with Crippen molar-refractivity contribution in [3.05, 3.63) is 12.1 Å². The number of thioether (sulfide) groups is 1. The second kappa shape index (κ2) is 6.18. The minimum absolute atomic E-state index is 0.454. The Balaban J connectivity index is 2.11. The summed E-state index contributed by atoms with van der Waals surface area (Å²) in [5.74, 6) is 1.35. The molecule has 18 heavy (non-hydrogen) atoms. The molecule has 0 aromatic carbocycles. The lowest BCUT2D eigenvalue weighted by Gasteiger charge is -2.31. The van der Waals surface area contributed by atoms with E-state index < -0.39 is 0 Å². The first-order valence-corrected chi connectivity index (χ1v) is 7.63. The van der Waals surface area contributed by atoms with Gasteiger partial charge in [-0.05, 0) is 25.2 Å². The largest absolute Gasteiger partial charge is 0.481 e. The summed E-state index contributed by atoms with van der Waals surface area (Å²) in [6.45, 7) is 0. The third-order valence-electron chi connectivity index (χ3n) is 3.44. The van der Waals surface area contributed by atoms with E-state index in [1.54, 1.807) is 13.2 Å². The van der Waals surface area contributed by atoms with Crippen molar-refractivity contribution in [2.24, 2.45) is 0 Å². The topological polar surface area (TPSA) is 60.2 Å². The minimum atomic E-state index is 0.454. The SMILES string of the molecule is COc1ccc(N)c(NC2CCCCC2SC)n1. The van der Waals surface area contributed by atoms with Crippen LogP contribution >= 0.6 is 11.8 Å². The first kappa shape index (κ1) is 13.3. The summed E-state index contributed by atoms with van der Waals surface area (Å²) >= 11 is 1.93. The summed E-state index contributed by atoms with van der Waals surface area (Å²) in [6, 6.07) is 4.08. The molecular formula is C13H21N3OS. The van der Waals surface area contributed by atoms with Gasteiger partial charge in [-0.3, -0.25) is 0 Å². The van der Waals surface area contributed by atoms with Gasteiger partial charge in [0.05, 0.1) is 12.8 Å². The number of hydrogen-bond acceptors (Lipinski definition) is 5. The molecule has 5 heteroatoms. The number of nitrogens with one attached hydrogen (secondary N) is 1. The number of anilines is 2. The highest BCUT2D eigenvalue weighted by molar-refractivity contribution is 7.99. The summed E-state index contributed by atoms with van der Waals surface area (Å²) < 4.78 is 5.14. The molecule has 0 spiro atoms. The summed E-state index contributed by atoms with van der Waals surface area (Å²) in [5, 5.41) is 4.13. The van der Waals surface area contributed by atoms with Gasteiger partial charge >= 0.3 is 0 Å². The van der Waals surface area contributed by atoms with Crippen molar-refractivity contribution in [3.63, 3.8) is 0 Å². The Hall–Kier alpha value is -1.10. The van der Waals surface area contributed by atoms with Gasteiger partial charge in [0.25, 0.3) is 0 Å². The molecule has 0 radical (unpaired) electrons. The summed E-state index contributed by atoms with van der Waals surface area (Å²) in [4.78, 5) is 4.39. The van der Waals surface area contributed by atoms with Crippen molar-refractivity contribution in [1.29, 1.82) is 0 Å². The molecule has 0 saturated heterocycles. The van der Waals surface area contributed by atoms with Crippen molar-refractivity contribution in [2.45, 2.75) is 37.0 Å². The van der Waals surface area contributed by atoms with Crippen molar-refractivity contribution < 1.29 is 4.74 Å². The molecule has 1 fully saturated rings. The molecule has 3 N–H and O–H groups in total. The number of aromatic nitrogens is 1. The summed E-state index contributed by atoms with van der Waals surface area (Å²) in [6.07, 6.45) is 7.23. The van der Waals surface area contributed by atoms with Crippen molar-refractivity contribution in [3.8, 4) is 5.88 Å². The number of ether oxygens (including phenoxy) is 1. The van der Waals surface area contributed by atoms with E-state index in [2.05, 4.69) is 16.6 Å². The molecule has 1 saturated carbocycles. The van der Waals surface area contributed by atoms with Gasteiger partial charge in [-0.2, -0.15) is 16.7 Å². The van der Waals surface area contributed by atoms with Crippen LogP contribution in [-0.4, -0.2) is 29.6 Å². The third-order valence-corrected chi connectivity index (χ3v) is 4.61. The number of nitrogens with zero attached hydrogens (tertiary/aromatic N) is 1. The van der Waals surface area contributed by atoms with E-state index in [0.29, 0.717) is 22.9 Å². The molecule has 1 aromatic heterocycles. The quantitative estimate of drug-likeness (QED) is 0.878. The lowest BCUT2D eigenvalue weighted by Crippen LogP contribution is -2.34. The van der Waals surface area contributed by atoms with E-state index in [1.165, 1.54) is 25.7 Å². The normalized spacial score (nSPS) is 23.7. The lowest BCUT2D eigenvalue weighted by molar-refractivity contribution is 0.398. The Morgan fingerprint density at radius 1 is 1.39 bits per heavy atom. The van der Waals surface area contributed by atoms with Gasteiger partial charge in [0.15, 0.2) is 5.82 Å². The maximum absolute atomic E-state index is 5.96. The van der Waals surface area contributed by atoms with Gasteiger partial charge in [-0.15, -0.1) is 0 Å². The molecule has 1 aromatic rings. The Morgan fingerprint density at radius 3 is 2.89 bits per heavy atom. The van der Waals surface area contributed by atoms with Crippen molar-refractivity contribution >= 4 is 23.3 Å². The van der Waals surface area contributed by atoms with Gasteiger partial charge in [0.1, 0.15) is 0 Å². The first-order valence-electron chi connectivity index (χ1n) is 6.34. The average molecular weight is 267 g/mol. The fourth-order valence-corrected chi connectivity index (χ4v) is 3.34. The van der Waals surface area contributed by atoms with E-state index in [9.17, 15) is 0 Å². The molecule has 2 unspecified atom stereocenters. The molecule has 4 nitrogen and oxygen atoms in total. The second-order valence-corrected chi connectivity index (χ2v) is 5.68. The second-order valence-electron chi connectivity index (χ2n) is 4.60. The Kier molecular flexibility index (Phi) is 4.58. The number of pyridine rings is 1. The molecule has 1 aliphatic carbocycles. The molecule has 1 heterocycles. The average Bonchev–Trinajstić information content (AvgIpc) is 2.42. The van der Waals surface area contributed by atoms with Crippen LogP contribution in [0.15, 0.2) is 12.1 Å². The highest BCUT2D eigenvalue weighted by atomic mass is 32.2. The van der Waals surface area contributed by atoms with Crippen LogP contribution in [0.3, 0.4) is 0 Å². The smallest absolute Gasteiger partial charge is 0.215 e. The van der Waals surface area contributed by atoms with Crippen LogP contribution < -0.4 is 15.8 Å². The number of rotatable bonds is 4. The van der Waals surface area contributed by atoms with Crippen molar-refractivity contribution in [1.82, 2.24) is 4.98 Å². The monoisotopic (exact) mass is 267 g/mol. The molecule has 1 aliphatic rings. The molecule has 0 bridgehead atoms. The Bertz CT molecular complexity index is 400. The molecule has 0 amide bonds. The standard InChI is InChI=1S/C13H21N3OS/c1-17-12-8-7-9(14)13(16-12)15-10-5-3-4-6-11(10)18-2/h7-8,10-11H,3-6,14H2,1-2H3,(H,15,16). The van der Waals surface area contributed by atoms with E-state index >= 15 is 0 Å². The van der Waals surface area contributed by atoms with Crippen LogP contribution in [0.1, 0.15) is 25.7 Å². The van der Waals surface area contributed by atoms with Crippen LogP contribution in [0.5, 0.6) is 5.88 Å². The van der Waals surface area contributed by atoms with Gasteiger partial charge in [-0.25, -0.2) is 0 Å². The van der Waals surface area contributed by atoms with Gasteiger partial charge in [0, 0.05) is 17.4 Å². The molecule has 100 valence electrons. The van der Waals surface area contributed by atoms with Gasteiger partial charge < -0.3 is 15.8 Å². The van der Waals surface area contributed by atoms with Crippen LogP contribution in [0.25, 0.3) is 0 Å². The van der Waals surface area contributed by atoms with E-state index in [4.69, 9.17) is 10.5 Å². The zero-order valence-corrected chi connectivity index (χ0v) is 11.8. The van der Waals surface area contributed by atoms with Crippen LogP contribution in [-0.2, 0) is 0 Å². The fourth-order valence-electron chi connectivity index (χ4n) is 2.40. The molecule has 2 rings (SSSR count). The number of methoxy groups -OCH3 is 1. The number of nitrogen functional groups attached to an aromatic ring is 1. The lowest BCUT2D eigenvalue weighted by atomic mass is 9.95. The van der Waals surface area contributed by atoms with Gasteiger partial charge in [0.2, 0.25) is 5.88 Å². The summed E-state index contributed by atoms with van der Waals surface area (Å²) in [5.41, 5.74) is 6.64. The minimum Gasteiger partial charge on any atom is -0.481 e. The maximum Gasteiger partial charge on any atom is 0.215 e. The van der Waals surface area contributed by atoms with E-state index in [1.807, 2.05) is 17.8 Å². The maximum atomic E-state index is 5.96. The molecule has 0 aliphatic heterocycles. The van der Waals surface area contributed by atoms with E-state index in [-0.39, 0.29) is 0 Å². The fraction of sp³-hybridized carbons (Fsp3) is 0.615. The highest BCUT2D eigenvalue weighted by Crippen LogP contribution is 2.30. The van der Waals surface area contributed by atoms with Crippen molar-refractivity contribution in [2.75, 3.05) is 24.4 Å². The zero-order valence-electron chi connectivity index (χ0n) is 11.0.